The number of nitrogens with two attached hydrogens (primary N) is 1. The van der Waals surface area contributed by atoms with Crippen LogP contribution in [-0.2, 0) is 4.79 Å². The van der Waals surface area contributed by atoms with Crippen LogP contribution in [0.5, 0.6) is 0 Å². The van der Waals surface area contributed by atoms with Crippen LogP contribution < -0.4 is 5.73 Å². The number of alkyl halides is 1. The van der Waals surface area contributed by atoms with Gasteiger partial charge in [0.2, 0.25) is 5.91 Å². The lowest BCUT2D eigenvalue weighted by Gasteiger charge is -2.07. The van der Waals surface area contributed by atoms with Gasteiger partial charge in [0.15, 0.2) is 0 Å². The minimum absolute atomic E-state index is 0. The van der Waals surface area contributed by atoms with Gasteiger partial charge in [-0.2, -0.15) is 0 Å². The Hall–Kier alpha value is 0.167. The zero-order valence-corrected chi connectivity index (χ0v) is 5.95. The first-order valence-electron chi connectivity index (χ1n) is 1.93. The molecule has 0 aliphatic carbocycles. The van der Waals surface area contributed by atoms with Crippen molar-refractivity contribution in [3.63, 3.8) is 0 Å². The number of amides is 1. The van der Waals surface area contributed by atoms with Gasteiger partial charge in [-0.05, 0) is 24.8 Å². The first-order chi connectivity index (χ1) is 2.94. The molecule has 0 radical (unpaired) electrons. The fraction of sp³-hybridized carbons (Fsp3) is 0.750. The monoisotopic (exact) mass is 197 g/mol. The molecule has 0 aromatic carbocycles. The normalized spacial score (nSPS) is 9.88. The van der Waals surface area contributed by atoms with Crippen molar-refractivity contribution >= 4 is 32.8 Å². The highest BCUT2D eigenvalue weighted by Gasteiger charge is 2.18. The summed E-state index contributed by atoms with van der Waals surface area (Å²) in [5, 5.41) is 0. The Labute approximate surface area is 62.0 Å². The second-order valence-electron chi connectivity index (χ2n) is 1.84. The van der Waals surface area contributed by atoms with Crippen LogP contribution in [0.2, 0.25) is 0 Å². The Morgan fingerprint density at radius 2 is 1.75 bits per heavy atom. The molecule has 0 unspecified atom stereocenters. The van der Waals surface area contributed by atoms with Gasteiger partial charge in [-0.25, -0.2) is 0 Å². The molecule has 0 rings (SSSR count). The van der Waals surface area contributed by atoms with Gasteiger partial charge in [0, 0.05) is 0 Å². The van der Waals surface area contributed by atoms with Crippen molar-refractivity contribution in [3.05, 3.63) is 0 Å². The SMILES string of the molecule is CC(C)(Br)C(N)=O.[SiH4]. The Morgan fingerprint density at radius 3 is 1.75 bits per heavy atom. The molecule has 0 aliphatic rings. The van der Waals surface area contributed by atoms with Crippen LogP contribution >= 0.6 is 15.9 Å². The summed E-state index contributed by atoms with van der Waals surface area (Å²) >= 11 is 3.07. The van der Waals surface area contributed by atoms with Crippen LogP contribution in [0, 0.1) is 0 Å². The van der Waals surface area contributed by atoms with Crippen molar-refractivity contribution in [1.29, 1.82) is 0 Å². The highest BCUT2D eigenvalue weighted by Crippen LogP contribution is 2.13. The van der Waals surface area contributed by atoms with E-state index in [0.717, 1.165) is 0 Å². The average molecular weight is 198 g/mol. The second-order valence-corrected chi connectivity index (χ2v) is 3.82. The summed E-state index contributed by atoms with van der Waals surface area (Å²) < 4.78 is -0.549. The molecule has 0 atom stereocenters. The molecule has 2 nitrogen and oxygen atoms in total. The number of hydrogen-bond acceptors (Lipinski definition) is 1. The van der Waals surface area contributed by atoms with Crippen molar-refractivity contribution in [3.8, 4) is 0 Å². The van der Waals surface area contributed by atoms with Gasteiger partial charge < -0.3 is 5.73 Å². The predicted molar refractivity (Wildman–Crippen MR) is 43.5 cm³/mol. The summed E-state index contributed by atoms with van der Waals surface area (Å²) in [6.45, 7) is 3.41. The van der Waals surface area contributed by atoms with E-state index in [1.54, 1.807) is 13.8 Å². The van der Waals surface area contributed by atoms with Gasteiger partial charge in [0.05, 0.1) is 4.32 Å². The summed E-state index contributed by atoms with van der Waals surface area (Å²) in [5.74, 6) is -0.340. The molecule has 0 heterocycles. The molecule has 0 aromatic heterocycles. The predicted octanol–water partition coefficient (Wildman–Crippen LogP) is -0.806. The lowest BCUT2D eigenvalue weighted by atomic mass is 10.2. The Kier molecular flexibility index (Phi) is 4.47. The van der Waals surface area contributed by atoms with Gasteiger partial charge in [-0.15, -0.1) is 0 Å². The van der Waals surface area contributed by atoms with Crippen LogP contribution in [0.3, 0.4) is 0 Å². The third-order valence-corrected chi connectivity index (χ3v) is 0.977. The zero-order chi connectivity index (χ0) is 6.08. The lowest BCUT2D eigenvalue weighted by molar-refractivity contribution is -0.119. The fourth-order valence-electron chi connectivity index (χ4n) is 0. The van der Waals surface area contributed by atoms with Gasteiger partial charge >= 0.3 is 0 Å². The van der Waals surface area contributed by atoms with Crippen LogP contribution in [0.25, 0.3) is 0 Å². The number of hydrogen-bond donors (Lipinski definition) is 1. The van der Waals surface area contributed by atoms with Crippen LogP contribution in [0.4, 0.5) is 0 Å². The van der Waals surface area contributed by atoms with E-state index >= 15 is 0 Å². The summed E-state index contributed by atoms with van der Waals surface area (Å²) in [6.07, 6.45) is 0. The maximum atomic E-state index is 10.2. The van der Waals surface area contributed by atoms with Crippen LogP contribution in [0.15, 0.2) is 0 Å². The Morgan fingerprint density at radius 1 is 1.62 bits per heavy atom. The highest BCUT2D eigenvalue weighted by atomic mass is 79.9. The molecule has 0 saturated heterocycles. The van der Waals surface area contributed by atoms with Crippen LogP contribution in [-0.4, -0.2) is 21.2 Å². The number of carbonyl (C=O) groups excluding carboxylic acids is 1. The van der Waals surface area contributed by atoms with Crippen molar-refractivity contribution in [2.45, 2.75) is 18.2 Å². The molecule has 8 heavy (non-hydrogen) atoms. The zero-order valence-electron chi connectivity index (χ0n) is 4.36. The lowest BCUT2D eigenvalue weighted by Crippen LogP contribution is -2.31. The number of carbonyl (C=O) groups is 1. The molecule has 1 amide bonds. The van der Waals surface area contributed by atoms with E-state index in [9.17, 15) is 4.79 Å². The van der Waals surface area contributed by atoms with Gasteiger partial charge in [-0.3, -0.25) is 4.79 Å². The number of rotatable bonds is 1. The summed E-state index contributed by atoms with van der Waals surface area (Å²) in [5.41, 5.74) is 4.88. The fourth-order valence-corrected chi connectivity index (χ4v) is 0. The minimum Gasteiger partial charge on any atom is -0.368 e. The van der Waals surface area contributed by atoms with Crippen molar-refractivity contribution in [1.82, 2.24) is 0 Å². The van der Waals surface area contributed by atoms with E-state index in [1.807, 2.05) is 0 Å². The maximum absolute atomic E-state index is 10.2. The molecule has 0 spiro atoms. The Balaban J connectivity index is 0. The maximum Gasteiger partial charge on any atom is 0.233 e. The third-order valence-electron chi connectivity index (χ3n) is 0.586. The standard InChI is InChI=1S/C4H8BrNO.H4Si/c1-4(2,5)3(6)7;/h1-2H3,(H2,6,7);1H4. The first-order valence-corrected chi connectivity index (χ1v) is 2.72. The van der Waals surface area contributed by atoms with Crippen LogP contribution in [0.1, 0.15) is 13.8 Å². The smallest absolute Gasteiger partial charge is 0.233 e. The molecule has 0 aromatic rings. The van der Waals surface area contributed by atoms with E-state index in [4.69, 9.17) is 5.73 Å². The van der Waals surface area contributed by atoms with E-state index in [0.29, 0.717) is 0 Å². The van der Waals surface area contributed by atoms with Crippen molar-refractivity contribution in [2.24, 2.45) is 5.73 Å². The quantitative estimate of drug-likeness (QED) is 0.434. The summed E-state index contributed by atoms with van der Waals surface area (Å²) in [6, 6.07) is 0. The largest absolute Gasteiger partial charge is 0.368 e. The second kappa shape index (κ2) is 3.24. The topological polar surface area (TPSA) is 43.1 Å². The van der Waals surface area contributed by atoms with Gasteiger partial charge in [0.25, 0.3) is 0 Å². The molecular formula is C4H12BrNOSi. The number of halogens is 1. The molecule has 4 heteroatoms. The van der Waals surface area contributed by atoms with E-state index in [2.05, 4.69) is 15.9 Å². The van der Waals surface area contributed by atoms with E-state index < -0.39 is 4.32 Å². The van der Waals surface area contributed by atoms with Gasteiger partial charge in [-0.1, -0.05) is 15.9 Å². The van der Waals surface area contributed by atoms with E-state index in [1.165, 1.54) is 0 Å². The summed E-state index contributed by atoms with van der Waals surface area (Å²) in [4.78, 5) is 10.2. The molecule has 0 saturated carbocycles. The number of primary amides is 1. The molecule has 2 N–H and O–H groups in total. The molecule has 0 fully saturated rings. The molecular weight excluding hydrogens is 186 g/mol. The van der Waals surface area contributed by atoms with Gasteiger partial charge in [0.1, 0.15) is 0 Å². The summed E-state index contributed by atoms with van der Waals surface area (Å²) in [7, 11) is 0. The molecule has 0 bridgehead atoms. The van der Waals surface area contributed by atoms with Crippen molar-refractivity contribution in [2.75, 3.05) is 0 Å². The molecule has 0 aliphatic heterocycles. The van der Waals surface area contributed by atoms with E-state index in [-0.39, 0.29) is 16.9 Å². The highest BCUT2D eigenvalue weighted by molar-refractivity contribution is 9.10. The Bertz CT molecular complexity index is 88.5. The third kappa shape index (κ3) is 4.33. The van der Waals surface area contributed by atoms with Crippen molar-refractivity contribution < 1.29 is 4.79 Å². The first kappa shape index (κ1) is 11.0. The average Bonchev–Trinajstić information content (AvgIpc) is 1.31. The molecule has 50 valence electrons. The minimum atomic E-state index is -0.549.